The molecule has 0 saturated heterocycles. The van der Waals surface area contributed by atoms with Crippen molar-refractivity contribution in [1.82, 2.24) is 4.98 Å². The number of benzene rings is 1. The number of rotatable bonds is 4. The van der Waals surface area contributed by atoms with Crippen molar-refractivity contribution in [2.45, 2.75) is 13.0 Å². The Kier molecular flexibility index (Phi) is 4.17. The quantitative estimate of drug-likeness (QED) is 0.925. The third kappa shape index (κ3) is 3.04. The third-order valence-corrected chi connectivity index (χ3v) is 3.10. The summed E-state index contributed by atoms with van der Waals surface area (Å²) in [6.45, 7) is 1.89. The summed E-state index contributed by atoms with van der Waals surface area (Å²) in [5.41, 5.74) is 2.50. The van der Waals surface area contributed by atoms with E-state index in [1.54, 1.807) is 18.5 Å². The van der Waals surface area contributed by atoms with Crippen molar-refractivity contribution in [2.75, 3.05) is 24.3 Å². The monoisotopic (exact) mass is 277 g/mol. The van der Waals surface area contributed by atoms with E-state index in [2.05, 4.69) is 10.3 Å². The van der Waals surface area contributed by atoms with Gasteiger partial charge in [-0.1, -0.05) is 6.07 Å². The van der Waals surface area contributed by atoms with Gasteiger partial charge in [0, 0.05) is 26.3 Å². The normalized spacial score (nSPS) is 12.1. The molecule has 0 aliphatic heterocycles. The molecule has 1 N–H and O–H groups in total. The maximum atomic E-state index is 13.3. The Balaban J connectivity index is 2.23. The lowest BCUT2D eigenvalue weighted by Crippen LogP contribution is -2.14. The van der Waals surface area contributed by atoms with Gasteiger partial charge in [-0.05, 0) is 30.7 Å². The number of aromatic nitrogens is 1. The molecule has 0 bridgehead atoms. The Morgan fingerprint density at radius 3 is 2.55 bits per heavy atom. The Morgan fingerprint density at radius 2 is 1.90 bits per heavy atom. The van der Waals surface area contributed by atoms with Crippen molar-refractivity contribution in [1.29, 1.82) is 0 Å². The molecule has 3 nitrogen and oxygen atoms in total. The topological polar surface area (TPSA) is 28.2 Å². The van der Waals surface area contributed by atoms with E-state index >= 15 is 0 Å². The fraction of sp³-hybridized carbons (Fsp3) is 0.267. The van der Waals surface area contributed by atoms with Crippen LogP contribution in [-0.2, 0) is 0 Å². The first-order chi connectivity index (χ1) is 9.49. The SMILES string of the molecule is CC(Nc1cnccc1N(C)C)c1ccc(F)c(F)c1. The van der Waals surface area contributed by atoms with Crippen LogP contribution >= 0.6 is 0 Å². The van der Waals surface area contributed by atoms with E-state index in [0.717, 1.165) is 17.4 Å². The van der Waals surface area contributed by atoms with Crippen molar-refractivity contribution in [2.24, 2.45) is 0 Å². The van der Waals surface area contributed by atoms with Gasteiger partial charge in [0.2, 0.25) is 0 Å². The second-order valence-corrected chi connectivity index (χ2v) is 4.83. The van der Waals surface area contributed by atoms with Gasteiger partial charge < -0.3 is 10.2 Å². The Hall–Kier alpha value is -2.17. The highest BCUT2D eigenvalue weighted by Crippen LogP contribution is 2.27. The number of halogens is 2. The Morgan fingerprint density at radius 1 is 1.15 bits per heavy atom. The summed E-state index contributed by atoms with van der Waals surface area (Å²) >= 11 is 0. The lowest BCUT2D eigenvalue weighted by Gasteiger charge is -2.21. The van der Waals surface area contributed by atoms with E-state index in [4.69, 9.17) is 0 Å². The average Bonchev–Trinajstić information content (AvgIpc) is 2.42. The molecular weight excluding hydrogens is 260 g/mol. The van der Waals surface area contributed by atoms with E-state index in [-0.39, 0.29) is 6.04 Å². The second kappa shape index (κ2) is 5.86. The predicted molar refractivity (Wildman–Crippen MR) is 77.0 cm³/mol. The minimum Gasteiger partial charge on any atom is -0.376 e. The number of hydrogen-bond acceptors (Lipinski definition) is 3. The largest absolute Gasteiger partial charge is 0.376 e. The molecule has 1 unspecified atom stereocenters. The average molecular weight is 277 g/mol. The van der Waals surface area contributed by atoms with Gasteiger partial charge >= 0.3 is 0 Å². The molecule has 1 aromatic carbocycles. The molecule has 1 heterocycles. The van der Waals surface area contributed by atoms with E-state index < -0.39 is 11.6 Å². The van der Waals surface area contributed by atoms with E-state index in [0.29, 0.717) is 5.56 Å². The van der Waals surface area contributed by atoms with Gasteiger partial charge in [0.15, 0.2) is 11.6 Å². The summed E-state index contributed by atoms with van der Waals surface area (Å²) in [6, 6.07) is 5.65. The lowest BCUT2D eigenvalue weighted by atomic mass is 10.1. The highest BCUT2D eigenvalue weighted by atomic mass is 19.2. The molecule has 1 atom stereocenters. The van der Waals surface area contributed by atoms with Crippen molar-refractivity contribution in [3.63, 3.8) is 0 Å². The van der Waals surface area contributed by atoms with Crippen LogP contribution < -0.4 is 10.2 Å². The van der Waals surface area contributed by atoms with Gasteiger partial charge in [-0.2, -0.15) is 0 Å². The minimum absolute atomic E-state index is 0.159. The number of hydrogen-bond donors (Lipinski definition) is 1. The zero-order valence-corrected chi connectivity index (χ0v) is 11.7. The molecule has 0 amide bonds. The first kappa shape index (κ1) is 14.2. The maximum Gasteiger partial charge on any atom is 0.159 e. The van der Waals surface area contributed by atoms with Crippen molar-refractivity contribution >= 4 is 11.4 Å². The molecule has 0 aliphatic carbocycles. The standard InChI is InChI=1S/C15H17F2N3/c1-10(11-4-5-12(16)13(17)8-11)19-14-9-18-7-6-15(14)20(2)3/h4-10,19H,1-3H3. The van der Waals surface area contributed by atoms with Gasteiger partial charge in [0.25, 0.3) is 0 Å². The third-order valence-electron chi connectivity index (χ3n) is 3.10. The van der Waals surface area contributed by atoms with E-state index in [1.807, 2.05) is 32.0 Å². The molecule has 5 heteroatoms. The molecule has 20 heavy (non-hydrogen) atoms. The van der Waals surface area contributed by atoms with Crippen molar-refractivity contribution in [3.8, 4) is 0 Å². The first-order valence-electron chi connectivity index (χ1n) is 6.32. The van der Waals surface area contributed by atoms with Crippen LogP contribution in [-0.4, -0.2) is 19.1 Å². The molecule has 1 aromatic heterocycles. The van der Waals surface area contributed by atoms with Crippen LogP contribution in [0.2, 0.25) is 0 Å². The number of nitrogens with zero attached hydrogens (tertiary/aromatic N) is 2. The Bertz CT molecular complexity index is 599. The highest BCUT2D eigenvalue weighted by molar-refractivity contribution is 5.68. The van der Waals surface area contributed by atoms with Gasteiger partial charge in [0.1, 0.15) is 0 Å². The molecule has 0 aliphatic rings. The summed E-state index contributed by atoms with van der Waals surface area (Å²) in [6.07, 6.45) is 3.43. The van der Waals surface area contributed by atoms with Crippen LogP contribution in [0.5, 0.6) is 0 Å². The summed E-state index contributed by atoms with van der Waals surface area (Å²) in [7, 11) is 3.87. The Labute approximate surface area is 117 Å². The van der Waals surface area contributed by atoms with E-state index in [9.17, 15) is 8.78 Å². The van der Waals surface area contributed by atoms with Crippen LogP contribution in [0.15, 0.2) is 36.7 Å². The van der Waals surface area contributed by atoms with Crippen molar-refractivity contribution < 1.29 is 8.78 Å². The molecule has 0 fully saturated rings. The van der Waals surface area contributed by atoms with Gasteiger partial charge in [-0.25, -0.2) is 8.78 Å². The zero-order valence-electron chi connectivity index (χ0n) is 11.7. The summed E-state index contributed by atoms with van der Waals surface area (Å²) in [5, 5.41) is 3.26. The smallest absolute Gasteiger partial charge is 0.159 e. The number of anilines is 2. The molecule has 2 aromatic rings. The fourth-order valence-electron chi connectivity index (χ4n) is 1.99. The van der Waals surface area contributed by atoms with Crippen LogP contribution in [0.1, 0.15) is 18.5 Å². The molecule has 0 saturated carbocycles. The molecule has 2 rings (SSSR count). The number of pyridine rings is 1. The maximum absolute atomic E-state index is 13.3. The molecule has 106 valence electrons. The summed E-state index contributed by atoms with van der Waals surface area (Å²) < 4.78 is 26.2. The first-order valence-corrected chi connectivity index (χ1v) is 6.32. The lowest BCUT2D eigenvalue weighted by molar-refractivity contribution is 0.506. The summed E-state index contributed by atoms with van der Waals surface area (Å²) in [4.78, 5) is 6.04. The van der Waals surface area contributed by atoms with Crippen LogP contribution in [0.25, 0.3) is 0 Å². The second-order valence-electron chi connectivity index (χ2n) is 4.83. The molecule has 0 spiro atoms. The fourth-order valence-corrected chi connectivity index (χ4v) is 1.99. The van der Waals surface area contributed by atoms with Gasteiger partial charge in [0.05, 0.1) is 17.6 Å². The molecule has 0 radical (unpaired) electrons. The van der Waals surface area contributed by atoms with Crippen molar-refractivity contribution in [3.05, 3.63) is 53.9 Å². The molecular formula is C15H17F2N3. The zero-order chi connectivity index (χ0) is 14.7. The summed E-state index contributed by atoms with van der Waals surface area (Å²) in [5.74, 6) is -1.67. The minimum atomic E-state index is -0.838. The van der Waals surface area contributed by atoms with Crippen LogP contribution in [0, 0.1) is 11.6 Å². The van der Waals surface area contributed by atoms with E-state index in [1.165, 1.54) is 6.07 Å². The highest BCUT2D eigenvalue weighted by Gasteiger charge is 2.11. The number of nitrogens with one attached hydrogen (secondary N) is 1. The van der Waals surface area contributed by atoms with Crippen LogP contribution in [0.3, 0.4) is 0 Å². The predicted octanol–water partition coefficient (Wildman–Crippen LogP) is 3.60. The van der Waals surface area contributed by atoms with Crippen LogP contribution in [0.4, 0.5) is 20.2 Å². The van der Waals surface area contributed by atoms with Gasteiger partial charge in [-0.3, -0.25) is 4.98 Å². The van der Waals surface area contributed by atoms with Gasteiger partial charge in [-0.15, -0.1) is 0 Å².